The fourth-order valence-corrected chi connectivity index (χ4v) is 1.75. The molecule has 0 atom stereocenters. The molecule has 5 nitrogen and oxygen atoms in total. The van der Waals surface area contributed by atoms with Gasteiger partial charge in [-0.1, -0.05) is 12.1 Å². The fraction of sp³-hybridized carbons (Fsp3) is 0.167. The van der Waals surface area contributed by atoms with Crippen LogP contribution in [0.5, 0.6) is 0 Å². The summed E-state index contributed by atoms with van der Waals surface area (Å²) in [4.78, 5) is 10.3. The smallest absolute Gasteiger partial charge is 0.269 e. The van der Waals surface area contributed by atoms with Crippen molar-refractivity contribution in [3.05, 3.63) is 64.0 Å². The summed E-state index contributed by atoms with van der Waals surface area (Å²) in [5.74, 6) is 0. The predicted octanol–water partition coefficient (Wildman–Crippen LogP) is 1.90. The van der Waals surface area contributed by atoms with Gasteiger partial charge in [0.15, 0.2) is 0 Å². The highest BCUT2D eigenvalue weighted by molar-refractivity contribution is 5.34. The van der Waals surface area contributed by atoms with Gasteiger partial charge in [-0.05, 0) is 17.7 Å². The third kappa shape index (κ3) is 2.51. The molecule has 0 spiro atoms. The van der Waals surface area contributed by atoms with Gasteiger partial charge in [0.2, 0.25) is 0 Å². The molecule has 0 aliphatic rings. The number of benzene rings is 1. The number of rotatable bonds is 4. The first-order valence-electron chi connectivity index (χ1n) is 5.28. The number of nitrogens with zero attached hydrogens (tertiary/aromatic N) is 2. The van der Waals surface area contributed by atoms with Gasteiger partial charge in [0.1, 0.15) is 0 Å². The van der Waals surface area contributed by atoms with E-state index in [1.54, 1.807) is 12.1 Å². The summed E-state index contributed by atoms with van der Waals surface area (Å²) in [5.41, 5.74) is 7.62. The molecule has 0 aliphatic heterocycles. The van der Waals surface area contributed by atoms with Crippen molar-refractivity contribution in [3.8, 4) is 0 Å². The maximum absolute atomic E-state index is 10.7. The summed E-state index contributed by atoms with van der Waals surface area (Å²) < 4.78 is 1.99. The highest BCUT2D eigenvalue weighted by Gasteiger charge is 2.06. The third-order valence-electron chi connectivity index (χ3n) is 2.61. The topological polar surface area (TPSA) is 74.1 Å². The Morgan fingerprint density at radius 2 is 2.12 bits per heavy atom. The molecule has 1 aromatic carbocycles. The quantitative estimate of drug-likeness (QED) is 0.645. The Labute approximate surface area is 98.6 Å². The normalized spacial score (nSPS) is 10.4. The minimum absolute atomic E-state index is 0.115. The van der Waals surface area contributed by atoms with Crippen molar-refractivity contribution < 1.29 is 4.92 Å². The van der Waals surface area contributed by atoms with Crippen LogP contribution in [-0.2, 0) is 13.1 Å². The molecule has 2 aromatic rings. The van der Waals surface area contributed by atoms with Crippen molar-refractivity contribution in [2.24, 2.45) is 5.73 Å². The maximum Gasteiger partial charge on any atom is 0.269 e. The Morgan fingerprint density at radius 3 is 2.82 bits per heavy atom. The van der Waals surface area contributed by atoms with Crippen molar-refractivity contribution in [1.82, 2.24) is 4.57 Å². The van der Waals surface area contributed by atoms with Crippen molar-refractivity contribution in [2.45, 2.75) is 13.1 Å². The summed E-state index contributed by atoms with van der Waals surface area (Å²) in [6.45, 7) is 1.06. The number of nitrogens with two attached hydrogens (primary N) is 1. The highest BCUT2D eigenvalue weighted by atomic mass is 16.6. The van der Waals surface area contributed by atoms with Gasteiger partial charge in [0.05, 0.1) is 4.92 Å². The zero-order chi connectivity index (χ0) is 12.3. The minimum atomic E-state index is -0.386. The third-order valence-corrected chi connectivity index (χ3v) is 2.61. The van der Waals surface area contributed by atoms with Crippen molar-refractivity contribution in [1.29, 1.82) is 0 Å². The molecule has 17 heavy (non-hydrogen) atoms. The standard InChI is InChI=1S/C12H13N3O2/c13-8-12-5-2-6-14(12)9-10-3-1-4-11(7-10)15(16)17/h1-7H,8-9,13H2. The molecule has 2 N–H and O–H groups in total. The molecule has 5 heteroatoms. The second kappa shape index (κ2) is 4.80. The van der Waals surface area contributed by atoms with Gasteiger partial charge in [-0.2, -0.15) is 0 Å². The number of nitro benzene ring substituents is 1. The van der Waals surface area contributed by atoms with E-state index in [4.69, 9.17) is 5.73 Å². The number of aromatic nitrogens is 1. The molecule has 0 saturated heterocycles. The second-order valence-corrected chi connectivity index (χ2v) is 3.76. The average molecular weight is 231 g/mol. The molecule has 0 aliphatic carbocycles. The Hall–Kier alpha value is -2.14. The summed E-state index contributed by atoms with van der Waals surface area (Å²) in [7, 11) is 0. The van der Waals surface area contributed by atoms with Gasteiger partial charge in [-0.3, -0.25) is 10.1 Å². The SMILES string of the molecule is NCc1cccn1Cc1cccc([N+](=O)[O-])c1. The van der Waals surface area contributed by atoms with Crippen LogP contribution in [-0.4, -0.2) is 9.49 Å². The lowest BCUT2D eigenvalue weighted by Gasteiger charge is -2.07. The van der Waals surface area contributed by atoms with E-state index in [1.807, 2.05) is 29.0 Å². The van der Waals surface area contributed by atoms with E-state index in [0.717, 1.165) is 11.3 Å². The van der Waals surface area contributed by atoms with E-state index in [1.165, 1.54) is 6.07 Å². The van der Waals surface area contributed by atoms with Crippen LogP contribution in [0.3, 0.4) is 0 Å². The maximum atomic E-state index is 10.7. The van der Waals surface area contributed by atoms with Crippen LogP contribution >= 0.6 is 0 Å². The lowest BCUT2D eigenvalue weighted by Crippen LogP contribution is -2.07. The van der Waals surface area contributed by atoms with E-state index in [0.29, 0.717) is 13.1 Å². The monoisotopic (exact) mass is 231 g/mol. The first-order chi connectivity index (χ1) is 8.20. The first-order valence-corrected chi connectivity index (χ1v) is 5.28. The number of hydrogen-bond donors (Lipinski definition) is 1. The number of nitro groups is 1. The van der Waals surface area contributed by atoms with Gasteiger partial charge < -0.3 is 10.3 Å². The zero-order valence-electron chi connectivity index (χ0n) is 9.24. The Balaban J connectivity index is 2.24. The molecule has 0 fully saturated rings. The minimum Gasteiger partial charge on any atom is -0.346 e. The molecule has 0 bridgehead atoms. The Bertz CT molecular complexity index is 534. The largest absolute Gasteiger partial charge is 0.346 e. The lowest BCUT2D eigenvalue weighted by atomic mass is 10.2. The van der Waals surface area contributed by atoms with E-state index >= 15 is 0 Å². The van der Waals surface area contributed by atoms with Crippen LogP contribution in [0.2, 0.25) is 0 Å². The average Bonchev–Trinajstić information content (AvgIpc) is 2.76. The molecule has 0 unspecified atom stereocenters. The molecule has 0 amide bonds. The van der Waals surface area contributed by atoms with Crippen LogP contribution in [0, 0.1) is 10.1 Å². The van der Waals surface area contributed by atoms with Gasteiger partial charge in [-0.15, -0.1) is 0 Å². The second-order valence-electron chi connectivity index (χ2n) is 3.76. The summed E-state index contributed by atoms with van der Waals surface area (Å²) in [6.07, 6.45) is 1.92. The van der Waals surface area contributed by atoms with Gasteiger partial charge in [0, 0.05) is 37.1 Å². The molecule has 0 saturated carbocycles. The zero-order valence-corrected chi connectivity index (χ0v) is 9.24. The van der Waals surface area contributed by atoms with Crippen LogP contribution < -0.4 is 5.73 Å². The summed E-state index contributed by atoms with van der Waals surface area (Å²) in [5, 5.41) is 10.7. The molecule has 0 radical (unpaired) electrons. The highest BCUT2D eigenvalue weighted by Crippen LogP contribution is 2.15. The molecular formula is C12H13N3O2. The van der Waals surface area contributed by atoms with Gasteiger partial charge >= 0.3 is 0 Å². The first kappa shape index (κ1) is 11.3. The van der Waals surface area contributed by atoms with Crippen LogP contribution in [0.25, 0.3) is 0 Å². The van der Waals surface area contributed by atoms with Crippen molar-refractivity contribution in [2.75, 3.05) is 0 Å². The number of non-ortho nitro benzene ring substituents is 1. The summed E-state index contributed by atoms with van der Waals surface area (Å²) >= 11 is 0. The van der Waals surface area contributed by atoms with E-state index in [9.17, 15) is 10.1 Å². The Morgan fingerprint density at radius 1 is 1.29 bits per heavy atom. The van der Waals surface area contributed by atoms with Crippen molar-refractivity contribution in [3.63, 3.8) is 0 Å². The van der Waals surface area contributed by atoms with Gasteiger partial charge in [0.25, 0.3) is 5.69 Å². The molecule has 1 aromatic heterocycles. The molecule has 1 heterocycles. The molecule has 88 valence electrons. The Kier molecular flexibility index (Phi) is 3.20. The number of hydrogen-bond acceptors (Lipinski definition) is 3. The van der Waals surface area contributed by atoms with Crippen LogP contribution in [0.1, 0.15) is 11.3 Å². The lowest BCUT2D eigenvalue weighted by molar-refractivity contribution is -0.384. The van der Waals surface area contributed by atoms with E-state index < -0.39 is 0 Å². The molecular weight excluding hydrogens is 218 g/mol. The molecule has 2 rings (SSSR count). The predicted molar refractivity (Wildman–Crippen MR) is 64.5 cm³/mol. The van der Waals surface area contributed by atoms with Crippen LogP contribution in [0.4, 0.5) is 5.69 Å². The van der Waals surface area contributed by atoms with Gasteiger partial charge in [-0.25, -0.2) is 0 Å². The van der Waals surface area contributed by atoms with E-state index in [2.05, 4.69) is 0 Å². The van der Waals surface area contributed by atoms with E-state index in [-0.39, 0.29) is 10.6 Å². The fourth-order valence-electron chi connectivity index (χ4n) is 1.75. The van der Waals surface area contributed by atoms with Crippen molar-refractivity contribution >= 4 is 5.69 Å². The summed E-state index contributed by atoms with van der Waals surface area (Å²) in [6, 6.07) is 10.5. The van der Waals surface area contributed by atoms with Crippen LogP contribution in [0.15, 0.2) is 42.6 Å².